The van der Waals surface area contributed by atoms with Crippen molar-refractivity contribution in [2.75, 3.05) is 10.6 Å². The molecule has 28 heavy (non-hydrogen) atoms. The van der Waals surface area contributed by atoms with E-state index in [9.17, 15) is 23.1 Å². The van der Waals surface area contributed by atoms with Gasteiger partial charge < -0.3 is 15.7 Å². The van der Waals surface area contributed by atoms with Crippen molar-refractivity contribution in [3.8, 4) is 5.75 Å². The Balaban J connectivity index is 1.68. The monoisotopic (exact) mass is 408 g/mol. The lowest BCUT2D eigenvalue weighted by molar-refractivity contribution is -0.173. The molecular weight excluding hydrogens is 393 g/mol. The molecule has 2 atom stereocenters. The first kappa shape index (κ1) is 18.4. The molecule has 10 heteroatoms. The summed E-state index contributed by atoms with van der Waals surface area (Å²) in [6.07, 6.45) is -3.60. The summed E-state index contributed by atoms with van der Waals surface area (Å²) in [6.45, 7) is 0. The third-order valence-electron chi connectivity index (χ3n) is 4.47. The van der Waals surface area contributed by atoms with Gasteiger partial charge in [0.05, 0.1) is 12.2 Å². The molecule has 0 radical (unpaired) electrons. The molecule has 3 N–H and O–H groups in total. The Hall–Kier alpha value is -3.01. The highest BCUT2D eigenvalue weighted by molar-refractivity contribution is 7.10. The average molecular weight is 408 g/mol. The number of aromatic nitrogens is 2. The molecule has 0 spiro atoms. The fourth-order valence-electron chi connectivity index (χ4n) is 3.19. The molecule has 4 rings (SSSR count). The van der Waals surface area contributed by atoms with Crippen molar-refractivity contribution in [1.82, 2.24) is 9.78 Å². The molecule has 0 aliphatic carbocycles. The predicted octanol–water partition coefficient (Wildman–Crippen LogP) is 4.56. The highest BCUT2D eigenvalue weighted by Gasteiger charge is 2.47. The Morgan fingerprint density at radius 2 is 2.14 bits per heavy atom. The molecule has 1 aromatic carbocycles. The molecule has 1 aliphatic heterocycles. The molecule has 0 saturated carbocycles. The number of nitrogens with one attached hydrogen (secondary N) is 2. The molecule has 1 amide bonds. The SMILES string of the molecule is O=C(Nc1cccc(O)c1)c1cnn2c1N[C@@H](c1cccs1)C[C@H]2C(F)(F)F. The highest BCUT2D eigenvalue weighted by atomic mass is 32.1. The number of hydrogen-bond acceptors (Lipinski definition) is 5. The van der Waals surface area contributed by atoms with Gasteiger partial charge in [0.2, 0.25) is 0 Å². The summed E-state index contributed by atoms with van der Waals surface area (Å²) < 4.78 is 41.7. The number of phenolic OH excluding ortho intramolecular Hbond substituents is 1. The van der Waals surface area contributed by atoms with Crippen molar-refractivity contribution >= 4 is 28.7 Å². The topological polar surface area (TPSA) is 79.2 Å². The van der Waals surface area contributed by atoms with Crippen LogP contribution < -0.4 is 10.6 Å². The molecule has 146 valence electrons. The number of halogens is 3. The minimum absolute atomic E-state index is 0.00107. The molecular formula is C18H15F3N4O2S. The predicted molar refractivity (Wildman–Crippen MR) is 98.7 cm³/mol. The fraction of sp³-hybridized carbons (Fsp3) is 0.222. The van der Waals surface area contributed by atoms with Crippen molar-refractivity contribution < 1.29 is 23.1 Å². The fourth-order valence-corrected chi connectivity index (χ4v) is 3.98. The lowest BCUT2D eigenvalue weighted by Crippen LogP contribution is -2.36. The van der Waals surface area contributed by atoms with E-state index in [2.05, 4.69) is 15.7 Å². The Labute approximate surface area is 161 Å². The van der Waals surface area contributed by atoms with E-state index >= 15 is 0 Å². The van der Waals surface area contributed by atoms with Crippen LogP contribution in [0.15, 0.2) is 48.0 Å². The van der Waals surface area contributed by atoms with Crippen LogP contribution in [0, 0.1) is 0 Å². The Morgan fingerprint density at radius 1 is 1.32 bits per heavy atom. The van der Waals surface area contributed by atoms with Crippen molar-refractivity contribution in [3.63, 3.8) is 0 Å². The summed E-state index contributed by atoms with van der Waals surface area (Å²) in [5.41, 5.74) is 0.321. The van der Waals surface area contributed by atoms with E-state index in [-0.39, 0.29) is 23.6 Å². The van der Waals surface area contributed by atoms with E-state index in [4.69, 9.17) is 0 Å². The molecule has 0 saturated heterocycles. The first-order valence-electron chi connectivity index (χ1n) is 8.37. The number of nitrogens with zero attached hydrogens (tertiary/aromatic N) is 2. The van der Waals surface area contributed by atoms with Gasteiger partial charge in [0.1, 0.15) is 17.1 Å². The number of carbonyl (C=O) groups is 1. The number of phenols is 1. The summed E-state index contributed by atoms with van der Waals surface area (Å²) in [5, 5.41) is 20.7. The lowest BCUT2D eigenvalue weighted by Gasteiger charge is -2.33. The summed E-state index contributed by atoms with van der Waals surface area (Å²) in [6, 6.07) is 7.01. The van der Waals surface area contributed by atoms with Gasteiger partial charge in [-0.3, -0.25) is 4.79 Å². The minimum atomic E-state index is -4.50. The number of amides is 1. The van der Waals surface area contributed by atoms with Crippen molar-refractivity contribution in [1.29, 1.82) is 0 Å². The smallest absolute Gasteiger partial charge is 0.410 e. The molecule has 6 nitrogen and oxygen atoms in total. The van der Waals surface area contributed by atoms with Crippen LogP contribution in [0.1, 0.15) is 33.7 Å². The molecule has 0 unspecified atom stereocenters. The van der Waals surface area contributed by atoms with Crippen molar-refractivity contribution in [2.24, 2.45) is 0 Å². The maximum Gasteiger partial charge on any atom is 0.410 e. The van der Waals surface area contributed by atoms with E-state index in [1.165, 1.54) is 23.5 Å². The van der Waals surface area contributed by atoms with Crippen LogP contribution in [0.25, 0.3) is 0 Å². The number of fused-ring (bicyclic) bond motifs is 1. The van der Waals surface area contributed by atoms with Crippen LogP contribution in [0.5, 0.6) is 5.75 Å². The maximum atomic E-state index is 13.6. The van der Waals surface area contributed by atoms with Gasteiger partial charge in [0.25, 0.3) is 5.91 Å². The zero-order valence-corrected chi connectivity index (χ0v) is 15.1. The van der Waals surface area contributed by atoms with Gasteiger partial charge in [-0.05, 0) is 23.6 Å². The summed E-state index contributed by atoms with van der Waals surface area (Å²) in [7, 11) is 0. The zero-order chi connectivity index (χ0) is 19.9. The Kier molecular flexibility index (Phi) is 4.50. The van der Waals surface area contributed by atoms with Crippen LogP contribution >= 0.6 is 11.3 Å². The molecule has 0 bridgehead atoms. The van der Waals surface area contributed by atoms with E-state index in [0.717, 1.165) is 15.8 Å². The largest absolute Gasteiger partial charge is 0.508 e. The second-order valence-corrected chi connectivity index (χ2v) is 7.34. The number of hydrogen-bond donors (Lipinski definition) is 3. The number of anilines is 2. The molecule has 3 aromatic rings. The molecule has 0 fully saturated rings. The van der Waals surface area contributed by atoms with Crippen LogP contribution in [0.2, 0.25) is 0 Å². The first-order chi connectivity index (χ1) is 13.3. The van der Waals surface area contributed by atoms with Crippen molar-refractivity contribution in [2.45, 2.75) is 24.7 Å². The van der Waals surface area contributed by atoms with Crippen LogP contribution in [-0.4, -0.2) is 27.0 Å². The number of aromatic hydroxyl groups is 1. The number of rotatable bonds is 3. The number of thiophene rings is 1. The average Bonchev–Trinajstić information content (AvgIpc) is 3.29. The molecule has 3 heterocycles. The zero-order valence-electron chi connectivity index (χ0n) is 14.3. The van der Waals surface area contributed by atoms with Crippen LogP contribution in [0.4, 0.5) is 24.7 Å². The summed E-state index contributed by atoms with van der Waals surface area (Å²) >= 11 is 1.35. The number of carbonyl (C=O) groups excluding carboxylic acids is 1. The van der Waals surface area contributed by atoms with Crippen molar-refractivity contribution in [3.05, 3.63) is 58.4 Å². The van der Waals surface area contributed by atoms with E-state index in [1.807, 2.05) is 0 Å². The van der Waals surface area contributed by atoms with Gasteiger partial charge in [-0.25, -0.2) is 4.68 Å². The Bertz CT molecular complexity index is 1000. The second-order valence-electron chi connectivity index (χ2n) is 6.36. The minimum Gasteiger partial charge on any atom is -0.508 e. The summed E-state index contributed by atoms with van der Waals surface area (Å²) in [4.78, 5) is 13.4. The number of alkyl halides is 3. The van der Waals surface area contributed by atoms with Gasteiger partial charge >= 0.3 is 6.18 Å². The third kappa shape index (κ3) is 3.42. The van der Waals surface area contributed by atoms with Crippen LogP contribution in [-0.2, 0) is 0 Å². The van der Waals surface area contributed by atoms with E-state index < -0.39 is 24.2 Å². The first-order valence-corrected chi connectivity index (χ1v) is 9.25. The van der Waals surface area contributed by atoms with Gasteiger partial charge in [-0.2, -0.15) is 18.3 Å². The van der Waals surface area contributed by atoms with Crippen LogP contribution in [0.3, 0.4) is 0 Å². The molecule has 2 aromatic heterocycles. The summed E-state index contributed by atoms with van der Waals surface area (Å²) in [5.74, 6) is -0.639. The maximum absolute atomic E-state index is 13.6. The normalized spacial score (nSPS) is 19.0. The Morgan fingerprint density at radius 3 is 2.82 bits per heavy atom. The van der Waals surface area contributed by atoms with E-state index in [0.29, 0.717) is 5.69 Å². The standard InChI is InChI=1S/C18H15F3N4O2S/c19-18(20,21)15-8-13(14-5-2-6-28-14)24-16-12(9-22-25(15)16)17(27)23-10-3-1-4-11(26)7-10/h1-7,9,13,15,24,26H,8H2,(H,23,27)/t13-,15+/m1/s1. The lowest BCUT2D eigenvalue weighted by atomic mass is 10.0. The highest BCUT2D eigenvalue weighted by Crippen LogP contribution is 2.45. The van der Waals surface area contributed by atoms with E-state index in [1.54, 1.807) is 29.6 Å². The number of benzene rings is 1. The van der Waals surface area contributed by atoms with Gasteiger partial charge in [-0.15, -0.1) is 11.3 Å². The van der Waals surface area contributed by atoms with Gasteiger partial charge in [0.15, 0.2) is 6.04 Å². The van der Waals surface area contributed by atoms with Gasteiger partial charge in [0, 0.05) is 23.1 Å². The molecule has 1 aliphatic rings. The van der Waals surface area contributed by atoms with Gasteiger partial charge in [-0.1, -0.05) is 12.1 Å². The second kappa shape index (κ2) is 6.86. The quantitative estimate of drug-likeness (QED) is 0.594. The third-order valence-corrected chi connectivity index (χ3v) is 5.46.